The second-order valence-electron chi connectivity index (χ2n) is 5.42. The molecule has 2 aromatic rings. The van der Waals surface area contributed by atoms with Gasteiger partial charge >= 0.3 is 0 Å². The Bertz CT molecular complexity index is 644. The van der Waals surface area contributed by atoms with Crippen LogP contribution in [0.3, 0.4) is 0 Å². The van der Waals surface area contributed by atoms with Crippen LogP contribution < -0.4 is 15.4 Å². The van der Waals surface area contributed by atoms with Gasteiger partial charge in [0.1, 0.15) is 5.75 Å². The lowest BCUT2D eigenvalue weighted by Gasteiger charge is -2.09. The van der Waals surface area contributed by atoms with Crippen molar-refractivity contribution in [2.75, 3.05) is 19.0 Å². The van der Waals surface area contributed by atoms with Gasteiger partial charge in [0, 0.05) is 31.0 Å². The van der Waals surface area contributed by atoms with Gasteiger partial charge in [0.15, 0.2) is 0 Å². The molecule has 1 amide bonds. The molecular weight excluding hydrogens is 304 g/mol. The van der Waals surface area contributed by atoms with E-state index in [-0.39, 0.29) is 5.91 Å². The maximum absolute atomic E-state index is 12.2. The summed E-state index contributed by atoms with van der Waals surface area (Å²) in [6.45, 7) is 3.39. The van der Waals surface area contributed by atoms with Gasteiger partial charge in [0.2, 0.25) is 5.95 Å². The van der Waals surface area contributed by atoms with E-state index in [1.807, 2.05) is 24.3 Å². The number of carbonyl (C=O) groups excluding carboxylic acids is 1. The quantitative estimate of drug-likeness (QED) is 0.692. The van der Waals surface area contributed by atoms with Gasteiger partial charge in [0.05, 0.1) is 12.7 Å². The van der Waals surface area contributed by atoms with Crippen LogP contribution in [0.2, 0.25) is 0 Å². The Morgan fingerprint density at radius 2 is 1.92 bits per heavy atom. The first-order chi connectivity index (χ1) is 11.7. The second-order valence-corrected chi connectivity index (χ2v) is 5.42. The SMILES string of the molecule is CCCCCNc1ncc(C(=O)NCc2ccccc2OC)cn1. The molecule has 128 valence electrons. The van der Waals surface area contributed by atoms with Crippen LogP contribution >= 0.6 is 0 Å². The lowest BCUT2D eigenvalue weighted by molar-refractivity contribution is 0.0950. The molecule has 0 saturated carbocycles. The summed E-state index contributed by atoms with van der Waals surface area (Å²) in [7, 11) is 1.61. The Labute approximate surface area is 142 Å². The maximum atomic E-state index is 12.2. The number of nitrogens with zero attached hydrogens (tertiary/aromatic N) is 2. The van der Waals surface area contributed by atoms with Crippen molar-refractivity contribution in [3.05, 3.63) is 47.8 Å². The van der Waals surface area contributed by atoms with Gasteiger partial charge in [-0.05, 0) is 12.5 Å². The van der Waals surface area contributed by atoms with Crippen molar-refractivity contribution in [2.45, 2.75) is 32.7 Å². The molecular formula is C18H24N4O2. The monoisotopic (exact) mass is 328 g/mol. The number of carbonyl (C=O) groups is 1. The molecule has 6 heteroatoms. The minimum atomic E-state index is -0.210. The molecule has 24 heavy (non-hydrogen) atoms. The zero-order chi connectivity index (χ0) is 17.2. The molecule has 0 aliphatic heterocycles. The molecule has 1 aromatic carbocycles. The van der Waals surface area contributed by atoms with Crippen LogP contribution in [-0.2, 0) is 6.54 Å². The van der Waals surface area contributed by atoms with E-state index in [1.165, 1.54) is 25.2 Å². The van der Waals surface area contributed by atoms with E-state index in [4.69, 9.17) is 4.74 Å². The van der Waals surface area contributed by atoms with Crippen molar-refractivity contribution in [3.63, 3.8) is 0 Å². The summed E-state index contributed by atoms with van der Waals surface area (Å²) in [6.07, 6.45) is 6.50. The molecule has 0 radical (unpaired) electrons. The fourth-order valence-electron chi connectivity index (χ4n) is 2.24. The number of unbranched alkanes of at least 4 members (excludes halogenated alkanes) is 2. The summed E-state index contributed by atoms with van der Waals surface area (Å²) in [6, 6.07) is 7.58. The summed E-state index contributed by atoms with van der Waals surface area (Å²) in [5, 5.41) is 6.00. The fourth-order valence-corrected chi connectivity index (χ4v) is 2.24. The summed E-state index contributed by atoms with van der Waals surface area (Å²) in [5.74, 6) is 1.09. The molecule has 0 saturated heterocycles. The fraction of sp³-hybridized carbons (Fsp3) is 0.389. The van der Waals surface area contributed by atoms with Gasteiger partial charge < -0.3 is 15.4 Å². The van der Waals surface area contributed by atoms with Crippen molar-refractivity contribution >= 4 is 11.9 Å². The van der Waals surface area contributed by atoms with E-state index < -0.39 is 0 Å². The predicted octanol–water partition coefficient (Wildman–Crippen LogP) is 3.02. The lowest BCUT2D eigenvalue weighted by atomic mass is 10.2. The molecule has 2 rings (SSSR count). The van der Waals surface area contributed by atoms with Gasteiger partial charge in [-0.2, -0.15) is 0 Å². The van der Waals surface area contributed by atoms with Crippen LogP contribution in [0, 0.1) is 0 Å². The number of hydrogen-bond acceptors (Lipinski definition) is 5. The zero-order valence-corrected chi connectivity index (χ0v) is 14.2. The third-order valence-corrected chi connectivity index (χ3v) is 3.61. The molecule has 0 aliphatic rings. The number of hydrogen-bond donors (Lipinski definition) is 2. The highest BCUT2D eigenvalue weighted by Gasteiger charge is 2.08. The minimum absolute atomic E-state index is 0.210. The number of anilines is 1. The molecule has 2 N–H and O–H groups in total. The Morgan fingerprint density at radius 3 is 2.62 bits per heavy atom. The Kier molecular flexibility index (Phi) is 7.01. The number of methoxy groups -OCH3 is 1. The van der Waals surface area contributed by atoms with E-state index in [0.29, 0.717) is 18.1 Å². The third kappa shape index (κ3) is 5.22. The number of benzene rings is 1. The molecule has 0 spiro atoms. The molecule has 0 atom stereocenters. The molecule has 6 nitrogen and oxygen atoms in total. The van der Waals surface area contributed by atoms with Crippen molar-refractivity contribution in [2.24, 2.45) is 0 Å². The average molecular weight is 328 g/mol. The first-order valence-electron chi connectivity index (χ1n) is 8.20. The topological polar surface area (TPSA) is 76.1 Å². The smallest absolute Gasteiger partial charge is 0.254 e. The first-order valence-corrected chi connectivity index (χ1v) is 8.20. The van der Waals surface area contributed by atoms with Crippen molar-refractivity contribution in [1.29, 1.82) is 0 Å². The van der Waals surface area contributed by atoms with E-state index in [1.54, 1.807) is 7.11 Å². The number of amides is 1. The van der Waals surface area contributed by atoms with Gasteiger partial charge in [-0.15, -0.1) is 0 Å². The largest absolute Gasteiger partial charge is 0.496 e. The maximum Gasteiger partial charge on any atom is 0.254 e. The summed E-state index contributed by atoms with van der Waals surface area (Å²) >= 11 is 0. The number of nitrogens with one attached hydrogen (secondary N) is 2. The van der Waals surface area contributed by atoms with Crippen LogP contribution in [0.1, 0.15) is 42.1 Å². The van der Waals surface area contributed by atoms with Crippen LogP contribution in [0.25, 0.3) is 0 Å². The Morgan fingerprint density at radius 1 is 1.17 bits per heavy atom. The summed E-state index contributed by atoms with van der Waals surface area (Å²) in [4.78, 5) is 20.5. The number of rotatable bonds is 9. The van der Waals surface area contributed by atoms with Gasteiger partial charge in [-0.25, -0.2) is 9.97 Å². The predicted molar refractivity (Wildman–Crippen MR) is 94.2 cm³/mol. The van der Waals surface area contributed by atoms with Crippen molar-refractivity contribution in [3.8, 4) is 5.75 Å². The summed E-state index contributed by atoms with van der Waals surface area (Å²) < 4.78 is 5.27. The van der Waals surface area contributed by atoms with Crippen LogP contribution in [0.4, 0.5) is 5.95 Å². The molecule has 0 fully saturated rings. The third-order valence-electron chi connectivity index (χ3n) is 3.61. The average Bonchev–Trinajstić information content (AvgIpc) is 2.64. The molecule has 0 bridgehead atoms. The first kappa shape index (κ1) is 17.7. The Hall–Kier alpha value is -2.63. The van der Waals surface area contributed by atoms with Gasteiger partial charge in [-0.1, -0.05) is 38.0 Å². The second kappa shape index (κ2) is 9.50. The molecule has 1 heterocycles. The standard InChI is InChI=1S/C18H24N4O2/c1-3-4-7-10-19-18-21-12-15(13-22-18)17(23)20-11-14-8-5-6-9-16(14)24-2/h5-6,8-9,12-13H,3-4,7,10-11H2,1-2H3,(H,20,23)(H,19,21,22). The summed E-state index contributed by atoms with van der Waals surface area (Å²) in [5.41, 5.74) is 1.35. The molecule has 0 aliphatic carbocycles. The van der Waals surface area contributed by atoms with Crippen molar-refractivity contribution in [1.82, 2.24) is 15.3 Å². The highest BCUT2D eigenvalue weighted by atomic mass is 16.5. The van der Waals surface area contributed by atoms with Crippen LogP contribution in [0.15, 0.2) is 36.7 Å². The minimum Gasteiger partial charge on any atom is -0.496 e. The number of ether oxygens (including phenoxy) is 1. The van der Waals surface area contributed by atoms with Gasteiger partial charge in [-0.3, -0.25) is 4.79 Å². The van der Waals surface area contributed by atoms with Crippen LogP contribution in [-0.4, -0.2) is 29.5 Å². The van der Waals surface area contributed by atoms with E-state index in [2.05, 4.69) is 27.5 Å². The van der Waals surface area contributed by atoms with Crippen LogP contribution in [0.5, 0.6) is 5.75 Å². The van der Waals surface area contributed by atoms with Gasteiger partial charge in [0.25, 0.3) is 5.91 Å². The molecule has 1 aromatic heterocycles. The highest BCUT2D eigenvalue weighted by molar-refractivity contribution is 5.93. The zero-order valence-electron chi connectivity index (χ0n) is 14.2. The van der Waals surface area contributed by atoms with Crippen molar-refractivity contribution < 1.29 is 9.53 Å². The van der Waals surface area contributed by atoms with E-state index >= 15 is 0 Å². The number of para-hydroxylation sites is 1. The molecule has 0 unspecified atom stereocenters. The van der Waals surface area contributed by atoms with E-state index in [0.717, 1.165) is 24.3 Å². The number of aromatic nitrogens is 2. The Balaban J connectivity index is 1.86. The highest BCUT2D eigenvalue weighted by Crippen LogP contribution is 2.16. The normalized spacial score (nSPS) is 10.2. The van der Waals surface area contributed by atoms with E-state index in [9.17, 15) is 4.79 Å². The lowest BCUT2D eigenvalue weighted by Crippen LogP contribution is -2.23.